The number of aliphatic carboxylic acids is 1. The Balaban J connectivity index is 4.32. The van der Waals surface area contributed by atoms with Gasteiger partial charge in [-0.25, -0.2) is 4.79 Å². The number of carbonyl (C=O) groups excluding carboxylic acids is 1. The molecule has 0 aliphatic heterocycles. The first kappa shape index (κ1) is 16.7. The summed E-state index contributed by atoms with van der Waals surface area (Å²) in [5.41, 5.74) is 0. The Morgan fingerprint density at radius 1 is 1.39 bits per heavy atom. The number of rotatable bonds is 8. The highest BCUT2D eigenvalue weighted by molar-refractivity contribution is 5.76. The normalized spacial score (nSPS) is 13.8. The van der Waals surface area contributed by atoms with Gasteiger partial charge in [-0.1, -0.05) is 13.8 Å². The van der Waals surface area contributed by atoms with Gasteiger partial charge in [0.2, 0.25) is 0 Å². The van der Waals surface area contributed by atoms with Crippen molar-refractivity contribution >= 4 is 12.0 Å². The minimum absolute atomic E-state index is 0.0975. The van der Waals surface area contributed by atoms with Gasteiger partial charge < -0.3 is 20.1 Å². The van der Waals surface area contributed by atoms with Crippen LogP contribution in [-0.4, -0.2) is 54.9 Å². The van der Waals surface area contributed by atoms with Crippen LogP contribution >= 0.6 is 0 Å². The summed E-state index contributed by atoms with van der Waals surface area (Å²) in [5.74, 6) is -1.50. The maximum atomic E-state index is 11.9. The number of carboxylic acids is 1. The fourth-order valence-corrected chi connectivity index (χ4v) is 1.36. The second kappa shape index (κ2) is 8.74. The van der Waals surface area contributed by atoms with Gasteiger partial charge in [-0.2, -0.15) is 0 Å². The lowest BCUT2D eigenvalue weighted by Gasteiger charge is -2.28. The van der Waals surface area contributed by atoms with Gasteiger partial charge in [0, 0.05) is 26.2 Å². The molecule has 0 saturated carbocycles. The third kappa shape index (κ3) is 5.86. The van der Waals surface area contributed by atoms with Crippen LogP contribution < -0.4 is 5.32 Å². The van der Waals surface area contributed by atoms with Crippen LogP contribution in [0.2, 0.25) is 0 Å². The van der Waals surface area contributed by atoms with Crippen LogP contribution in [0.3, 0.4) is 0 Å². The number of methoxy groups -OCH3 is 1. The standard InChI is InChI=1S/C12H24N2O4/c1-5-10(3)14(6-7-18-4)12(17)13-8-9(2)11(15)16/h9-10H,5-8H2,1-4H3,(H,13,17)(H,15,16). The van der Waals surface area contributed by atoms with Gasteiger partial charge in [0.1, 0.15) is 0 Å². The molecule has 0 spiro atoms. The topological polar surface area (TPSA) is 78.9 Å². The Bertz CT molecular complexity index is 271. The number of amides is 2. The molecule has 0 bridgehead atoms. The molecule has 0 rings (SSSR count). The molecule has 106 valence electrons. The third-order valence-corrected chi connectivity index (χ3v) is 2.90. The summed E-state index contributed by atoms with van der Waals surface area (Å²) < 4.78 is 4.97. The number of nitrogens with zero attached hydrogens (tertiary/aromatic N) is 1. The average molecular weight is 260 g/mol. The Hall–Kier alpha value is -1.30. The number of carbonyl (C=O) groups is 2. The molecule has 2 amide bonds. The quantitative estimate of drug-likeness (QED) is 0.686. The van der Waals surface area contributed by atoms with Crippen LogP contribution in [0.5, 0.6) is 0 Å². The minimum Gasteiger partial charge on any atom is -0.481 e. The zero-order valence-electron chi connectivity index (χ0n) is 11.6. The van der Waals surface area contributed by atoms with E-state index in [4.69, 9.17) is 9.84 Å². The summed E-state index contributed by atoms with van der Waals surface area (Å²) in [6, 6.07) is -0.144. The van der Waals surface area contributed by atoms with Gasteiger partial charge in [-0.3, -0.25) is 4.79 Å². The van der Waals surface area contributed by atoms with Crippen LogP contribution in [0.15, 0.2) is 0 Å². The number of nitrogens with one attached hydrogen (secondary N) is 1. The molecule has 2 atom stereocenters. The molecule has 0 aliphatic carbocycles. The molecule has 0 saturated heterocycles. The summed E-state index contributed by atoms with van der Waals surface area (Å²) in [6.07, 6.45) is 0.839. The highest BCUT2D eigenvalue weighted by Crippen LogP contribution is 2.04. The zero-order chi connectivity index (χ0) is 14.1. The number of hydrogen-bond donors (Lipinski definition) is 2. The molecule has 0 aromatic carbocycles. The molecule has 0 aromatic heterocycles. The van der Waals surface area contributed by atoms with Crippen molar-refractivity contribution in [1.29, 1.82) is 0 Å². The molecule has 2 N–H and O–H groups in total. The fourth-order valence-electron chi connectivity index (χ4n) is 1.36. The van der Waals surface area contributed by atoms with Gasteiger partial charge in [-0.05, 0) is 13.3 Å². The monoisotopic (exact) mass is 260 g/mol. The van der Waals surface area contributed by atoms with Crippen molar-refractivity contribution in [1.82, 2.24) is 10.2 Å². The Morgan fingerprint density at radius 3 is 2.44 bits per heavy atom. The van der Waals surface area contributed by atoms with E-state index in [0.29, 0.717) is 13.2 Å². The van der Waals surface area contributed by atoms with Crippen LogP contribution in [-0.2, 0) is 9.53 Å². The first-order valence-corrected chi connectivity index (χ1v) is 6.20. The van der Waals surface area contributed by atoms with E-state index in [1.54, 1.807) is 18.9 Å². The average Bonchev–Trinajstić information content (AvgIpc) is 2.35. The van der Waals surface area contributed by atoms with Gasteiger partial charge >= 0.3 is 12.0 Å². The number of ether oxygens (including phenoxy) is 1. The van der Waals surface area contributed by atoms with Crippen molar-refractivity contribution in [3.8, 4) is 0 Å². The van der Waals surface area contributed by atoms with Crippen molar-refractivity contribution in [3.05, 3.63) is 0 Å². The van der Waals surface area contributed by atoms with Crippen molar-refractivity contribution < 1.29 is 19.4 Å². The molecule has 2 unspecified atom stereocenters. The highest BCUT2D eigenvalue weighted by Gasteiger charge is 2.20. The lowest BCUT2D eigenvalue weighted by atomic mass is 10.2. The van der Waals surface area contributed by atoms with E-state index in [0.717, 1.165) is 6.42 Å². The molecule has 0 radical (unpaired) electrons. The van der Waals surface area contributed by atoms with Crippen molar-refractivity contribution in [2.45, 2.75) is 33.2 Å². The lowest BCUT2D eigenvalue weighted by molar-refractivity contribution is -0.140. The molecule has 6 nitrogen and oxygen atoms in total. The lowest BCUT2D eigenvalue weighted by Crippen LogP contribution is -2.47. The first-order chi connectivity index (χ1) is 8.43. The summed E-state index contributed by atoms with van der Waals surface area (Å²) in [7, 11) is 1.58. The molecule has 6 heteroatoms. The SMILES string of the molecule is CCC(C)N(CCOC)C(=O)NCC(C)C(=O)O. The molecule has 0 aliphatic rings. The van der Waals surface area contributed by atoms with Crippen LogP contribution in [0, 0.1) is 5.92 Å². The van der Waals surface area contributed by atoms with E-state index in [1.807, 2.05) is 13.8 Å². The van der Waals surface area contributed by atoms with Crippen molar-refractivity contribution in [2.24, 2.45) is 5.92 Å². The zero-order valence-corrected chi connectivity index (χ0v) is 11.6. The molecule has 0 heterocycles. The summed E-state index contributed by atoms with van der Waals surface area (Å²) in [4.78, 5) is 24.3. The van der Waals surface area contributed by atoms with Gasteiger partial charge in [0.25, 0.3) is 0 Å². The third-order valence-electron chi connectivity index (χ3n) is 2.90. The van der Waals surface area contributed by atoms with E-state index in [-0.39, 0.29) is 18.6 Å². The highest BCUT2D eigenvalue weighted by atomic mass is 16.5. The second-order valence-electron chi connectivity index (χ2n) is 4.37. The summed E-state index contributed by atoms with van der Waals surface area (Å²) >= 11 is 0. The predicted octanol–water partition coefficient (Wildman–Crippen LogP) is 1.16. The van der Waals surface area contributed by atoms with Crippen LogP contribution in [0.25, 0.3) is 0 Å². The Morgan fingerprint density at radius 2 is 2.00 bits per heavy atom. The Labute approximate surface area is 108 Å². The van der Waals surface area contributed by atoms with Crippen LogP contribution in [0.1, 0.15) is 27.2 Å². The molecular formula is C12H24N2O4. The largest absolute Gasteiger partial charge is 0.481 e. The van der Waals surface area contributed by atoms with E-state index in [1.165, 1.54) is 0 Å². The maximum Gasteiger partial charge on any atom is 0.317 e. The van der Waals surface area contributed by atoms with Crippen molar-refractivity contribution in [2.75, 3.05) is 26.8 Å². The number of urea groups is 1. The van der Waals surface area contributed by atoms with Gasteiger partial charge in [-0.15, -0.1) is 0 Å². The summed E-state index contributed by atoms with van der Waals surface area (Å²) in [6.45, 7) is 6.61. The summed E-state index contributed by atoms with van der Waals surface area (Å²) in [5, 5.41) is 11.4. The van der Waals surface area contributed by atoms with Crippen molar-refractivity contribution in [3.63, 3.8) is 0 Å². The van der Waals surface area contributed by atoms with E-state index in [9.17, 15) is 9.59 Å². The minimum atomic E-state index is -0.915. The smallest absolute Gasteiger partial charge is 0.317 e. The first-order valence-electron chi connectivity index (χ1n) is 6.20. The maximum absolute atomic E-state index is 11.9. The fraction of sp³-hybridized carbons (Fsp3) is 0.833. The van der Waals surface area contributed by atoms with Gasteiger partial charge in [0.05, 0.1) is 12.5 Å². The number of hydrogen-bond acceptors (Lipinski definition) is 3. The molecular weight excluding hydrogens is 236 g/mol. The second-order valence-corrected chi connectivity index (χ2v) is 4.37. The molecule has 0 fully saturated rings. The van der Waals surface area contributed by atoms with Crippen LogP contribution in [0.4, 0.5) is 4.79 Å². The molecule has 0 aromatic rings. The predicted molar refractivity (Wildman–Crippen MR) is 68.5 cm³/mol. The number of carboxylic acid groups (broad SMARTS) is 1. The van der Waals surface area contributed by atoms with E-state index < -0.39 is 11.9 Å². The Kier molecular flexibility index (Phi) is 8.11. The van der Waals surface area contributed by atoms with E-state index in [2.05, 4.69) is 5.32 Å². The van der Waals surface area contributed by atoms with E-state index >= 15 is 0 Å². The van der Waals surface area contributed by atoms with Gasteiger partial charge in [0.15, 0.2) is 0 Å². The molecule has 18 heavy (non-hydrogen) atoms.